The Kier molecular flexibility index (Phi) is 5.34. The Bertz CT molecular complexity index is 930. The van der Waals surface area contributed by atoms with Crippen molar-refractivity contribution in [2.24, 2.45) is 0 Å². The van der Waals surface area contributed by atoms with E-state index in [1.165, 1.54) is 6.20 Å². The number of benzene rings is 1. The number of halogens is 1. The summed E-state index contributed by atoms with van der Waals surface area (Å²) in [6.45, 7) is 0. The van der Waals surface area contributed by atoms with E-state index in [2.05, 4.69) is 15.3 Å². The van der Waals surface area contributed by atoms with Crippen LogP contribution in [0.2, 0.25) is 5.15 Å². The Labute approximate surface area is 155 Å². The van der Waals surface area contributed by atoms with Crippen molar-refractivity contribution in [1.29, 1.82) is 0 Å². The molecule has 132 valence electrons. The molecule has 0 unspecified atom stereocenters. The number of hydrogen-bond donors (Lipinski definition) is 1. The van der Waals surface area contributed by atoms with Crippen LogP contribution in [0.4, 0.5) is 5.69 Å². The molecule has 6 nitrogen and oxygen atoms in total. The smallest absolute Gasteiger partial charge is 0.255 e. The van der Waals surface area contributed by atoms with E-state index in [0.29, 0.717) is 33.6 Å². The first-order chi connectivity index (χ1) is 12.6. The Balaban J connectivity index is 1.91. The van der Waals surface area contributed by atoms with Gasteiger partial charge in [-0.2, -0.15) is 0 Å². The fourth-order valence-electron chi connectivity index (χ4n) is 2.44. The van der Waals surface area contributed by atoms with E-state index in [9.17, 15) is 4.79 Å². The van der Waals surface area contributed by atoms with Gasteiger partial charge >= 0.3 is 0 Å². The summed E-state index contributed by atoms with van der Waals surface area (Å²) in [7, 11) is 3.12. The van der Waals surface area contributed by atoms with Crippen LogP contribution >= 0.6 is 11.6 Å². The van der Waals surface area contributed by atoms with E-state index >= 15 is 0 Å². The molecule has 0 aliphatic rings. The highest BCUT2D eigenvalue weighted by Gasteiger charge is 2.15. The van der Waals surface area contributed by atoms with E-state index in [1.54, 1.807) is 56.8 Å². The Morgan fingerprint density at radius 3 is 2.54 bits per heavy atom. The van der Waals surface area contributed by atoms with Gasteiger partial charge in [0, 0.05) is 17.3 Å². The summed E-state index contributed by atoms with van der Waals surface area (Å²) in [4.78, 5) is 20.8. The first kappa shape index (κ1) is 17.7. The molecular formula is C19H16ClN3O3. The molecule has 0 saturated carbocycles. The molecule has 0 bridgehead atoms. The Morgan fingerprint density at radius 2 is 1.85 bits per heavy atom. The third kappa shape index (κ3) is 3.75. The Hall–Kier alpha value is -3.12. The topological polar surface area (TPSA) is 73.3 Å². The molecule has 0 fully saturated rings. The van der Waals surface area contributed by atoms with Crippen LogP contribution in [0.5, 0.6) is 11.5 Å². The van der Waals surface area contributed by atoms with Crippen LogP contribution in [0.15, 0.2) is 54.9 Å². The van der Waals surface area contributed by atoms with Gasteiger partial charge in [0.15, 0.2) is 0 Å². The number of aromatic nitrogens is 2. The van der Waals surface area contributed by atoms with Crippen molar-refractivity contribution in [3.05, 3.63) is 65.6 Å². The number of amides is 1. The number of carbonyl (C=O) groups excluding carboxylic acids is 1. The van der Waals surface area contributed by atoms with Crippen LogP contribution in [-0.2, 0) is 0 Å². The summed E-state index contributed by atoms with van der Waals surface area (Å²) in [5.41, 5.74) is 2.36. The molecule has 1 amide bonds. The molecule has 0 atom stereocenters. The number of hydrogen-bond acceptors (Lipinski definition) is 5. The Morgan fingerprint density at radius 1 is 1.04 bits per heavy atom. The number of nitrogens with zero attached hydrogens (tertiary/aromatic N) is 2. The van der Waals surface area contributed by atoms with Crippen molar-refractivity contribution in [2.45, 2.75) is 0 Å². The second-order valence-electron chi connectivity index (χ2n) is 5.29. The summed E-state index contributed by atoms with van der Waals surface area (Å²) in [6, 6.07) is 12.0. The highest BCUT2D eigenvalue weighted by molar-refractivity contribution is 6.29. The molecule has 1 aromatic carbocycles. The molecule has 0 aliphatic heterocycles. The van der Waals surface area contributed by atoms with Gasteiger partial charge in [-0.3, -0.25) is 9.78 Å². The van der Waals surface area contributed by atoms with Crippen LogP contribution in [-0.4, -0.2) is 30.1 Å². The summed E-state index contributed by atoms with van der Waals surface area (Å²) < 4.78 is 10.8. The van der Waals surface area contributed by atoms with Gasteiger partial charge in [-0.05, 0) is 42.5 Å². The van der Waals surface area contributed by atoms with Crippen molar-refractivity contribution in [1.82, 2.24) is 9.97 Å². The van der Waals surface area contributed by atoms with E-state index in [-0.39, 0.29) is 5.91 Å². The van der Waals surface area contributed by atoms with Gasteiger partial charge in [-0.15, -0.1) is 0 Å². The lowest BCUT2D eigenvalue weighted by Crippen LogP contribution is -2.12. The first-order valence-electron chi connectivity index (χ1n) is 7.72. The molecule has 7 heteroatoms. The predicted octanol–water partition coefficient (Wildman–Crippen LogP) is 4.07. The van der Waals surface area contributed by atoms with Gasteiger partial charge in [-0.1, -0.05) is 11.6 Å². The molecule has 1 N–H and O–H groups in total. The van der Waals surface area contributed by atoms with Crippen LogP contribution in [0.3, 0.4) is 0 Å². The molecule has 0 aliphatic carbocycles. The SMILES string of the molecule is COc1cc(C(=O)Nc2ccc(Cl)nc2)ccc1-c1ncccc1OC. The maximum Gasteiger partial charge on any atom is 0.255 e. The van der Waals surface area contributed by atoms with E-state index in [4.69, 9.17) is 21.1 Å². The van der Waals surface area contributed by atoms with E-state index in [1.807, 2.05) is 6.07 Å². The van der Waals surface area contributed by atoms with E-state index < -0.39 is 0 Å². The molecule has 0 radical (unpaired) electrons. The van der Waals surface area contributed by atoms with Gasteiger partial charge < -0.3 is 14.8 Å². The van der Waals surface area contributed by atoms with Crippen LogP contribution < -0.4 is 14.8 Å². The van der Waals surface area contributed by atoms with Crippen molar-refractivity contribution in [3.8, 4) is 22.8 Å². The third-order valence-electron chi connectivity index (χ3n) is 3.69. The minimum absolute atomic E-state index is 0.285. The minimum atomic E-state index is -0.285. The molecule has 0 spiro atoms. The second kappa shape index (κ2) is 7.84. The van der Waals surface area contributed by atoms with Crippen molar-refractivity contribution < 1.29 is 14.3 Å². The molecule has 2 heterocycles. The molecule has 0 saturated heterocycles. The fourth-order valence-corrected chi connectivity index (χ4v) is 2.55. The average Bonchev–Trinajstić information content (AvgIpc) is 2.69. The van der Waals surface area contributed by atoms with E-state index in [0.717, 1.165) is 5.56 Å². The maximum atomic E-state index is 12.5. The van der Waals surface area contributed by atoms with Crippen LogP contribution in [0.25, 0.3) is 11.3 Å². The number of pyridine rings is 2. The van der Waals surface area contributed by atoms with Gasteiger partial charge in [0.2, 0.25) is 0 Å². The highest BCUT2D eigenvalue weighted by atomic mass is 35.5. The van der Waals surface area contributed by atoms with Gasteiger partial charge in [0.05, 0.1) is 26.1 Å². The number of ether oxygens (including phenoxy) is 2. The van der Waals surface area contributed by atoms with Crippen molar-refractivity contribution in [3.63, 3.8) is 0 Å². The number of anilines is 1. The quantitative estimate of drug-likeness (QED) is 0.686. The fraction of sp³-hybridized carbons (Fsp3) is 0.105. The molecule has 26 heavy (non-hydrogen) atoms. The number of nitrogens with one attached hydrogen (secondary N) is 1. The lowest BCUT2D eigenvalue weighted by molar-refractivity contribution is 0.102. The third-order valence-corrected chi connectivity index (χ3v) is 3.92. The highest BCUT2D eigenvalue weighted by Crippen LogP contribution is 2.35. The summed E-state index contributed by atoms with van der Waals surface area (Å²) in [5, 5.41) is 3.12. The van der Waals surface area contributed by atoms with Crippen molar-refractivity contribution >= 4 is 23.2 Å². The molecular weight excluding hydrogens is 354 g/mol. The standard InChI is InChI=1S/C19H16ClN3O3/c1-25-15-4-3-9-21-18(15)14-7-5-12(10-16(14)26-2)19(24)23-13-6-8-17(20)22-11-13/h3-11H,1-2H3,(H,23,24). The molecule has 3 aromatic rings. The van der Waals surface area contributed by atoms with Gasteiger partial charge in [-0.25, -0.2) is 4.98 Å². The van der Waals surface area contributed by atoms with Gasteiger partial charge in [0.1, 0.15) is 22.3 Å². The number of carbonyl (C=O) groups is 1. The zero-order chi connectivity index (χ0) is 18.5. The monoisotopic (exact) mass is 369 g/mol. The first-order valence-corrected chi connectivity index (χ1v) is 8.10. The summed E-state index contributed by atoms with van der Waals surface area (Å²) in [6.07, 6.45) is 3.16. The maximum absolute atomic E-state index is 12.5. The second-order valence-corrected chi connectivity index (χ2v) is 5.68. The largest absolute Gasteiger partial charge is 0.496 e. The van der Waals surface area contributed by atoms with Crippen molar-refractivity contribution in [2.75, 3.05) is 19.5 Å². The lowest BCUT2D eigenvalue weighted by atomic mass is 10.1. The zero-order valence-electron chi connectivity index (χ0n) is 14.2. The lowest BCUT2D eigenvalue weighted by Gasteiger charge is -2.13. The average molecular weight is 370 g/mol. The summed E-state index contributed by atoms with van der Waals surface area (Å²) in [5.74, 6) is 0.853. The van der Waals surface area contributed by atoms with Crippen LogP contribution in [0.1, 0.15) is 10.4 Å². The zero-order valence-corrected chi connectivity index (χ0v) is 14.9. The number of methoxy groups -OCH3 is 2. The van der Waals surface area contributed by atoms with Gasteiger partial charge in [0.25, 0.3) is 5.91 Å². The van der Waals surface area contributed by atoms with Crippen LogP contribution in [0, 0.1) is 0 Å². The molecule has 3 rings (SSSR count). The normalized spacial score (nSPS) is 10.3. The molecule has 2 aromatic heterocycles. The number of rotatable bonds is 5. The predicted molar refractivity (Wildman–Crippen MR) is 100.0 cm³/mol. The minimum Gasteiger partial charge on any atom is -0.496 e. The summed E-state index contributed by atoms with van der Waals surface area (Å²) >= 11 is 5.75.